The molecule has 1 aromatic rings. The van der Waals surface area contributed by atoms with Crippen LogP contribution in [0.1, 0.15) is 0 Å². The first-order valence-electron chi connectivity index (χ1n) is 5.64. The lowest BCUT2D eigenvalue weighted by atomic mass is 10.2. The van der Waals surface area contributed by atoms with Crippen LogP contribution in [-0.4, -0.2) is 37.4 Å². The largest absolute Gasteiger partial charge is 0.393 e. The first-order valence-corrected chi connectivity index (χ1v) is 5.64. The quantitative estimate of drug-likeness (QED) is 0.472. The van der Waals surface area contributed by atoms with Crippen LogP contribution in [0.4, 0.5) is 17.1 Å². The van der Waals surface area contributed by atoms with E-state index in [0.29, 0.717) is 32.1 Å². The number of ether oxygens (including phenoxy) is 2. The molecule has 1 saturated heterocycles. The normalized spacial score (nSPS) is 19.4. The maximum atomic E-state index is 10.9. The summed E-state index contributed by atoms with van der Waals surface area (Å²) in [6, 6.07) is 4.80. The van der Waals surface area contributed by atoms with Gasteiger partial charge in [-0.05, 0) is 12.1 Å². The van der Waals surface area contributed by atoms with Gasteiger partial charge in [0.05, 0.1) is 30.8 Å². The van der Waals surface area contributed by atoms with Crippen molar-refractivity contribution in [3.05, 3.63) is 28.3 Å². The molecule has 98 valence electrons. The minimum Gasteiger partial charge on any atom is -0.393 e. The summed E-state index contributed by atoms with van der Waals surface area (Å²) in [5, 5.41) is 13.9. The fourth-order valence-corrected chi connectivity index (χ4v) is 1.79. The number of nitro benzene ring substituents is 1. The van der Waals surface area contributed by atoms with Gasteiger partial charge in [-0.15, -0.1) is 0 Å². The molecule has 0 aromatic heterocycles. The molecule has 1 aromatic carbocycles. The van der Waals surface area contributed by atoms with Crippen LogP contribution >= 0.6 is 0 Å². The van der Waals surface area contributed by atoms with Gasteiger partial charge < -0.3 is 20.5 Å². The Hall–Kier alpha value is -1.86. The van der Waals surface area contributed by atoms with Crippen LogP contribution in [0.3, 0.4) is 0 Å². The first kappa shape index (κ1) is 12.6. The molecule has 0 bridgehead atoms. The number of hydrogen-bond acceptors (Lipinski definition) is 6. The van der Waals surface area contributed by atoms with E-state index in [4.69, 9.17) is 15.2 Å². The van der Waals surface area contributed by atoms with Crippen LogP contribution < -0.4 is 11.1 Å². The molecule has 18 heavy (non-hydrogen) atoms. The van der Waals surface area contributed by atoms with Crippen molar-refractivity contribution in [3.8, 4) is 0 Å². The Bertz CT molecular complexity index is 432. The topological polar surface area (TPSA) is 99.7 Å². The van der Waals surface area contributed by atoms with Crippen molar-refractivity contribution in [1.82, 2.24) is 0 Å². The summed E-state index contributed by atoms with van der Waals surface area (Å²) < 4.78 is 10.7. The van der Waals surface area contributed by atoms with Gasteiger partial charge in [0, 0.05) is 6.54 Å². The summed E-state index contributed by atoms with van der Waals surface area (Å²) in [5.41, 5.74) is 6.03. The highest BCUT2D eigenvalue weighted by atomic mass is 16.6. The second-order valence-electron chi connectivity index (χ2n) is 3.95. The standard InChI is InChI=1S/C11H15N3O4/c12-9-2-1-3-10(11(9)14(15)16)13-6-8-7-17-4-5-18-8/h1-3,8,13H,4-7,12H2. The van der Waals surface area contributed by atoms with E-state index in [2.05, 4.69) is 5.32 Å². The number of nitrogens with two attached hydrogens (primary N) is 1. The zero-order chi connectivity index (χ0) is 13.0. The Morgan fingerprint density at radius 1 is 1.50 bits per heavy atom. The monoisotopic (exact) mass is 253 g/mol. The summed E-state index contributed by atoms with van der Waals surface area (Å²) in [5.74, 6) is 0. The van der Waals surface area contributed by atoms with Gasteiger partial charge in [0.1, 0.15) is 11.4 Å². The predicted molar refractivity (Wildman–Crippen MR) is 66.6 cm³/mol. The smallest absolute Gasteiger partial charge is 0.314 e. The van der Waals surface area contributed by atoms with Crippen LogP contribution in [0, 0.1) is 10.1 Å². The Morgan fingerprint density at radius 2 is 2.33 bits per heavy atom. The SMILES string of the molecule is Nc1cccc(NCC2COCCO2)c1[N+](=O)[O-]. The highest BCUT2D eigenvalue weighted by molar-refractivity contribution is 5.74. The van der Waals surface area contributed by atoms with E-state index < -0.39 is 4.92 Å². The number of nitro groups is 1. The molecule has 7 nitrogen and oxygen atoms in total. The molecule has 0 amide bonds. The molecule has 1 heterocycles. The Morgan fingerprint density at radius 3 is 3.00 bits per heavy atom. The van der Waals surface area contributed by atoms with Crippen molar-refractivity contribution in [2.45, 2.75) is 6.10 Å². The third-order valence-electron chi connectivity index (χ3n) is 2.65. The van der Waals surface area contributed by atoms with E-state index in [9.17, 15) is 10.1 Å². The lowest BCUT2D eigenvalue weighted by Crippen LogP contribution is -2.34. The molecule has 0 radical (unpaired) electrons. The Kier molecular flexibility index (Phi) is 3.96. The van der Waals surface area contributed by atoms with Crippen molar-refractivity contribution in [3.63, 3.8) is 0 Å². The van der Waals surface area contributed by atoms with E-state index in [0.717, 1.165) is 0 Å². The third-order valence-corrected chi connectivity index (χ3v) is 2.65. The molecule has 1 aliphatic heterocycles. The number of para-hydroxylation sites is 1. The summed E-state index contributed by atoms with van der Waals surface area (Å²) in [6.07, 6.45) is -0.0974. The van der Waals surface area contributed by atoms with E-state index in [1.807, 2.05) is 0 Å². The second kappa shape index (κ2) is 5.65. The number of rotatable bonds is 4. The fraction of sp³-hybridized carbons (Fsp3) is 0.455. The van der Waals surface area contributed by atoms with E-state index in [1.165, 1.54) is 6.07 Å². The summed E-state index contributed by atoms with van der Waals surface area (Å²) in [4.78, 5) is 10.4. The molecule has 0 aliphatic carbocycles. The number of anilines is 2. The molecule has 0 spiro atoms. The maximum Gasteiger partial charge on any atom is 0.314 e. The van der Waals surface area contributed by atoms with Gasteiger partial charge in [0.15, 0.2) is 0 Å². The Balaban J connectivity index is 2.04. The molecule has 0 saturated carbocycles. The molecule has 1 unspecified atom stereocenters. The summed E-state index contributed by atoms with van der Waals surface area (Å²) >= 11 is 0. The molecule has 1 fully saturated rings. The molecular weight excluding hydrogens is 238 g/mol. The number of benzene rings is 1. The summed E-state index contributed by atoms with van der Waals surface area (Å²) in [6.45, 7) is 2.08. The van der Waals surface area contributed by atoms with Crippen LogP contribution in [0.25, 0.3) is 0 Å². The highest BCUT2D eigenvalue weighted by Gasteiger charge is 2.19. The average molecular weight is 253 g/mol. The minimum absolute atomic E-state index is 0.0974. The van der Waals surface area contributed by atoms with E-state index in [1.54, 1.807) is 12.1 Å². The van der Waals surface area contributed by atoms with Crippen LogP contribution in [-0.2, 0) is 9.47 Å². The van der Waals surface area contributed by atoms with Crippen molar-refractivity contribution >= 4 is 17.1 Å². The molecule has 7 heteroatoms. The minimum atomic E-state index is -0.490. The zero-order valence-electron chi connectivity index (χ0n) is 9.80. The molecular formula is C11H15N3O4. The van der Waals surface area contributed by atoms with Gasteiger partial charge >= 0.3 is 5.69 Å². The zero-order valence-corrected chi connectivity index (χ0v) is 9.80. The number of nitrogen functional groups attached to an aromatic ring is 1. The number of nitrogens with one attached hydrogen (secondary N) is 1. The average Bonchev–Trinajstić information content (AvgIpc) is 2.37. The van der Waals surface area contributed by atoms with E-state index in [-0.39, 0.29) is 17.5 Å². The van der Waals surface area contributed by atoms with Gasteiger partial charge in [0.2, 0.25) is 0 Å². The maximum absolute atomic E-state index is 10.9. The van der Waals surface area contributed by atoms with Gasteiger partial charge in [-0.25, -0.2) is 0 Å². The van der Waals surface area contributed by atoms with Crippen molar-refractivity contribution in [2.24, 2.45) is 0 Å². The third kappa shape index (κ3) is 2.88. The molecule has 1 aliphatic rings. The predicted octanol–water partition coefficient (Wildman–Crippen LogP) is 1.00. The van der Waals surface area contributed by atoms with Gasteiger partial charge in [0.25, 0.3) is 0 Å². The van der Waals surface area contributed by atoms with Crippen molar-refractivity contribution < 1.29 is 14.4 Å². The van der Waals surface area contributed by atoms with Crippen molar-refractivity contribution in [2.75, 3.05) is 37.4 Å². The van der Waals surface area contributed by atoms with E-state index >= 15 is 0 Å². The fourth-order valence-electron chi connectivity index (χ4n) is 1.79. The number of hydrogen-bond donors (Lipinski definition) is 2. The lowest BCUT2D eigenvalue weighted by Gasteiger charge is -2.23. The highest BCUT2D eigenvalue weighted by Crippen LogP contribution is 2.30. The molecule has 3 N–H and O–H groups in total. The molecule has 2 rings (SSSR count). The lowest BCUT2D eigenvalue weighted by molar-refractivity contribution is -0.383. The second-order valence-corrected chi connectivity index (χ2v) is 3.95. The van der Waals surface area contributed by atoms with Gasteiger partial charge in [-0.1, -0.05) is 6.07 Å². The summed E-state index contributed by atoms with van der Waals surface area (Å²) in [7, 11) is 0. The Labute approximate surface area is 104 Å². The van der Waals surface area contributed by atoms with Crippen LogP contribution in [0.2, 0.25) is 0 Å². The molecule has 1 atom stereocenters. The first-order chi connectivity index (χ1) is 8.68. The van der Waals surface area contributed by atoms with Gasteiger partial charge in [-0.3, -0.25) is 10.1 Å². The van der Waals surface area contributed by atoms with Crippen LogP contribution in [0.5, 0.6) is 0 Å². The van der Waals surface area contributed by atoms with Crippen LogP contribution in [0.15, 0.2) is 18.2 Å². The van der Waals surface area contributed by atoms with Gasteiger partial charge in [-0.2, -0.15) is 0 Å². The number of nitrogens with zero attached hydrogens (tertiary/aromatic N) is 1. The van der Waals surface area contributed by atoms with Crippen molar-refractivity contribution in [1.29, 1.82) is 0 Å².